The molecule has 1 heterocycles. The standard InChI is InChI=1S/C14H24N2O2S/c1-10(2)16(9-12-6-5-11(3)18-12)14(17)13(15)7-8-19-4/h5-6,10,13H,7-9,15H2,1-4H3/t13-/m1/s1. The van der Waals surface area contributed by atoms with Crippen LogP contribution in [0.25, 0.3) is 0 Å². The van der Waals surface area contributed by atoms with Gasteiger partial charge in [-0.25, -0.2) is 0 Å². The summed E-state index contributed by atoms with van der Waals surface area (Å²) in [6, 6.07) is 3.50. The molecule has 0 saturated carbocycles. The second-order valence-corrected chi connectivity index (χ2v) is 5.95. The zero-order valence-corrected chi connectivity index (χ0v) is 13.0. The summed E-state index contributed by atoms with van der Waals surface area (Å²) < 4.78 is 5.54. The van der Waals surface area contributed by atoms with E-state index in [2.05, 4.69) is 0 Å². The number of nitrogens with zero attached hydrogens (tertiary/aromatic N) is 1. The molecule has 19 heavy (non-hydrogen) atoms. The Bertz CT molecular complexity index is 404. The van der Waals surface area contributed by atoms with E-state index in [1.54, 1.807) is 16.7 Å². The first-order valence-corrected chi connectivity index (χ1v) is 7.95. The van der Waals surface area contributed by atoms with Crippen LogP contribution in [0.1, 0.15) is 31.8 Å². The fourth-order valence-corrected chi connectivity index (χ4v) is 2.32. The summed E-state index contributed by atoms with van der Waals surface area (Å²) in [5, 5.41) is 0. The average Bonchev–Trinajstić information content (AvgIpc) is 2.77. The van der Waals surface area contributed by atoms with E-state index in [9.17, 15) is 4.79 Å². The van der Waals surface area contributed by atoms with E-state index in [0.717, 1.165) is 17.3 Å². The number of hydrogen-bond acceptors (Lipinski definition) is 4. The van der Waals surface area contributed by atoms with E-state index in [0.29, 0.717) is 13.0 Å². The summed E-state index contributed by atoms with van der Waals surface area (Å²) >= 11 is 1.71. The van der Waals surface area contributed by atoms with Gasteiger partial charge in [0.05, 0.1) is 12.6 Å². The summed E-state index contributed by atoms with van der Waals surface area (Å²) in [5.74, 6) is 2.56. The molecule has 0 saturated heterocycles. The van der Waals surface area contributed by atoms with Crippen molar-refractivity contribution in [1.82, 2.24) is 4.90 Å². The lowest BCUT2D eigenvalue weighted by molar-refractivity contribution is -0.135. The van der Waals surface area contributed by atoms with Crippen molar-refractivity contribution in [2.24, 2.45) is 5.73 Å². The van der Waals surface area contributed by atoms with Gasteiger partial charge in [0.2, 0.25) is 5.91 Å². The largest absolute Gasteiger partial charge is 0.464 e. The normalized spacial score (nSPS) is 12.7. The summed E-state index contributed by atoms with van der Waals surface area (Å²) in [5.41, 5.74) is 5.97. The molecule has 0 spiro atoms. The highest BCUT2D eigenvalue weighted by Crippen LogP contribution is 2.14. The molecule has 0 aliphatic rings. The number of amides is 1. The molecule has 0 aliphatic carbocycles. The summed E-state index contributed by atoms with van der Waals surface area (Å²) in [4.78, 5) is 14.1. The molecule has 1 aromatic rings. The second-order valence-electron chi connectivity index (χ2n) is 4.96. The molecule has 0 unspecified atom stereocenters. The van der Waals surface area contributed by atoms with E-state index in [1.165, 1.54) is 0 Å². The highest BCUT2D eigenvalue weighted by atomic mass is 32.2. The lowest BCUT2D eigenvalue weighted by Crippen LogP contribution is -2.46. The molecular formula is C14H24N2O2S. The Kier molecular flexibility index (Phi) is 6.45. The van der Waals surface area contributed by atoms with Crippen molar-refractivity contribution < 1.29 is 9.21 Å². The fraction of sp³-hybridized carbons (Fsp3) is 0.643. The smallest absolute Gasteiger partial charge is 0.240 e. The van der Waals surface area contributed by atoms with Crippen LogP contribution in [-0.2, 0) is 11.3 Å². The molecular weight excluding hydrogens is 260 g/mol. The fourth-order valence-electron chi connectivity index (χ4n) is 1.83. The van der Waals surface area contributed by atoms with Crippen molar-refractivity contribution in [2.45, 2.75) is 45.8 Å². The van der Waals surface area contributed by atoms with Gasteiger partial charge in [-0.2, -0.15) is 11.8 Å². The molecule has 5 heteroatoms. The monoisotopic (exact) mass is 284 g/mol. The van der Waals surface area contributed by atoms with Crippen molar-refractivity contribution in [3.63, 3.8) is 0 Å². The van der Waals surface area contributed by atoms with Gasteiger partial charge in [-0.3, -0.25) is 4.79 Å². The average molecular weight is 284 g/mol. The molecule has 0 radical (unpaired) electrons. The third kappa shape index (κ3) is 4.91. The molecule has 1 amide bonds. The maximum Gasteiger partial charge on any atom is 0.240 e. The third-order valence-electron chi connectivity index (χ3n) is 2.98. The van der Waals surface area contributed by atoms with Crippen LogP contribution in [0.15, 0.2) is 16.5 Å². The van der Waals surface area contributed by atoms with Crippen LogP contribution in [0.2, 0.25) is 0 Å². The minimum atomic E-state index is -0.425. The second kappa shape index (κ2) is 7.60. The maximum atomic E-state index is 12.4. The van der Waals surface area contributed by atoms with Gasteiger partial charge in [0.25, 0.3) is 0 Å². The lowest BCUT2D eigenvalue weighted by atomic mass is 10.1. The zero-order chi connectivity index (χ0) is 14.4. The minimum absolute atomic E-state index is 0.00176. The van der Waals surface area contributed by atoms with Gasteiger partial charge in [0, 0.05) is 6.04 Å². The number of rotatable bonds is 7. The molecule has 2 N–H and O–H groups in total. The Labute approximate surface area is 119 Å². The van der Waals surface area contributed by atoms with E-state index >= 15 is 0 Å². The number of aryl methyl sites for hydroxylation is 1. The molecule has 0 aliphatic heterocycles. The van der Waals surface area contributed by atoms with Gasteiger partial charge >= 0.3 is 0 Å². The van der Waals surface area contributed by atoms with Crippen molar-refractivity contribution >= 4 is 17.7 Å². The van der Waals surface area contributed by atoms with E-state index in [-0.39, 0.29) is 11.9 Å². The Balaban J connectivity index is 2.68. The zero-order valence-electron chi connectivity index (χ0n) is 12.2. The molecule has 1 rings (SSSR count). The quantitative estimate of drug-likeness (QED) is 0.835. The molecule has 0 bridgehead atoms. The van der Waals surface area contributed by atoms with Crippen molar-refractivity contribution in [3.05, 3.63) is 23.7 Å². The first-order valence-electron chi connectivity index (χ1n) is 6.56. The molecule has 1 aromatic heterocycles. The van der Waals surface area contributed by atoms with Crippen LogP contribution in [0.4, 0.5) is 0 Å². The Morgan fingerprint density at radius 1 is 1.47 bits per heavy atom. The van der Waals surface area contributed by atoms with Gasteiger partial charge in [0.1, 0.15) is 11.5 Å². The number of carbonyl (C=O) groups excluding carboxylic acids is 1. The first kappa shape index (κ1) is 16.1. The maximum absolute atomic E-state index is 12.4. The van der Waals surface area contributed by atoms with Crippen LogP contribution < -0.4 is 5.73 Å². The predicted molar refractivity (Wildman–Crippen MR) is 80.1 cm³/mol. The van der Waals surface area contributed by atoms with Crippen molar-refractivity contribution in [1.29, 1.82) is 0 Å². The highest BCUT2D eigenvalue weighted by Gasteiger charge is 2.23. The van der Waals surface area contributed by atoms with Gasteiger partial charge in [-0.05, 0) is 51.3 Å². The number of furan rings is 1. The highest BCUT2D eigenvalue weighted by molar-refractivity contribution is 7.98. The van der Waals surface area contributed by atoms with Crippen molar-refractivity contribution in [2.75, 3.05) is 12.0 Å². The van der Waals surface area contributed by atoms with Crippen LogP contribution in [0, 0.1) is 6.92 Å². The van der Waals surface area contributed by atoms with Crippen LogP contribution in [-0.4, -0.2) is 34.9 Å². The molecule has 108 valence electrons. The minimum Gasteiger partial charge on any atom is -0.464 e. The first-order chi connectivity index (χ1) is 8.95. The van der Waals surface area contributed by atoms with E-state index in [1.807, 2.05) is 39.2 Å². The number of hydrogen-bond donors (Lipinski definition) is 1. The molecule has 4 nitrogen and oxygen atoms in total. The molecule has 0 fully saturated rings. The Morgan fingerprint density at radius 3 is 2.63 bits per heavy atom. The van der Waals surface area contributed by atoms with Gasteiger partial charge in [0.15, 0.2) is 0 Å². The lowest BCUT2D eigenvalue weighted by Gasteiger charge is -2.28. The predicted octanol–water partition coefficient (Wildman–Crippen LogP) is 2.41. The van der Waals surface area contributed by atoms with E-state index in [4.69, 9.17) is 10.2 Å². The Morgan fingerprint density at radius 2 is 2.16 bits per heavy atom. The van der Waals surface area contributed by atoms with Gasteiger partial charge in [-0.1, -0.05) is 0 Å². The Hall–Kier alpha value is -0.940. The van der Waals surface area contributed by atoms with Gasteiger partial charge < -0.3 is 15.1 Å². The van der Waals surface area contributed by atoms with Gasteiger partial charge in [-0.15, -0.1) is 0 Å². The molecule has 0 aromatic carbocycles. The summed E-state index contributed by atoms with van der Waals surface area (Å²) in [7, 11) is 0. The number of nitrogens with two attached hydrogens (primary N) is 1. The third-order valence-corrected chi connectivity index (χ3v) is 3.62. The van der Waals surface area contributed by atoms with Crippen LogP contribution in [0.5, 0.6) is 0 Å². The number of carbonyl (C=O) groups is 1. The topological polar surface area (TPSA) is 59.5 Å². The molecule has 1 atom stereocenters. The SMILES string of the molecule is CSCC[C@@H](N)C(=O)N(Cc1ccc(C)o1)C(C)C. The van der Waals surface area contributed by atoms with Crippen molar-refractivity contribution in [3.8, 4) is 0 Å². The summed E-state index contributed by atoms with van der Waals surface area (Å²) in [6.07, 6.45) is 2.73. The summed E-state index contributed by atoms with van der Waals surface area (Å²) in [6.45, 7) is 6.37. The van der Waals surface area contributed by atoms with Crippen LogP contribution in [0.3, 0.4) is 0 Å². The number of thioether (sulfide) groups is 1. The van der Waals surface area contributed by atoms with Crippen LogP contribution >= 0.6 is 11.8 Å². The van der Waals surface area contributed by atoms with E-state index < -0.39 is 6.04 Å².